The number of pyridine rings is 2. The summed E-state index contributed by atoms with van der Waals surface area (Å²) in [5.74, 6) is 1.92. The molecule has 3 aromatic rings. The second-order valence-corrected chi connectivity index (χ2v) is 6.56. The van der Waals surface area contributed by atoms with Crippen molar-refractivity contribution < 1.29 is 4.74 Å². The van der Waals surface area contributed by atoms with Gasteiger partial charge in [-0.25, -0.2) is 4.98 Å². The van der Waals surface area contributed by atoms with Crippen molar-refractivity contribution in [2.45, 2.75) is 5.92 Å². The molecule has 6 nitrogen and oxygen atoms in total. The molecule has 28 heavy (non-hydrogen) atoms. The van der Waals surface area contributed by atoms with E-state index in [0.717, 1.165) is 47.1 Å². The van der Waals surface area contributed by atoms with Gasteiger partial charge in [0.05, 0.1) is 30.4 Å². The summed E-state index contributed by atoms with van der Waals surface area (Å²) in [6.45, 7) is 9.33. The molecule has 0 aliphatic carbocycles. The summed E-state index contributed by atoms with van der Waals surface area (Å²) in [6.07, 6.45) is 10.5. The third-order valence-electron chi connectivity index (χ3n) is 4.90. The normalized spacial score (nSPS) is 13.7. The molecule has 1 aliphatic heterocycles. The molecular weight excluding hydrogens is 350 g/mol. The molecule has 0 bridgehead atoms. The lowest BCUT2D eigenvalue weighted by Gasteiger charge is -2.40. The Morgan fingerprint density at radius 1 is 1.11 bits per heavy atom. The largest absolute Gasteiger partial charge is 0.495 e. The zero-order chi connectivity index (χ0) is 19.5. The fourth-order valence-corrected chi connectivity index (χ4v) is 3.36. The third kappa shape index (κ3) is 3.24. The Bertz CT molecular complexity index is 1030. The molecule has 0 radical (unpaired) electrons. The number of hydrogen-bond donors (Lipinski definition) is 0. The van der Waals surface area contributed by atoms with Gasteiger partial charge < -0.3 is 9.64 Å². The van der Waals surface area contributed by atoms with E-state index in [9.17, 15) is 0 Å². The molecule has 0 unspecified atom stereocenters. The summed E-state index contributed by atoms with van der Waals surface area (Å²) in [4.78, 5) is 20.3. The average molecular weight is 371 g/mol. The Hall–Kier alpha value is -3.54. The molecule has 4 rings (SSSR count). The van der Waals surface area contributed by atoms with Gasteiger partial charge >= 0.3 is 0 Å². The highest BCUT2D eigenvalue weighted by Crippen LogP contribution is 2.35. The molecule has 4 heterocycles. The van der Waals surface area contributed by atoms with Crippen LogP contribution in [-0.4, -0.2) is 40.1 Å². The number of anilines is 1. The predicted octanol–water partition coefficient (Wildman–Crippen LogP) is 3.83. The van der Waals surface area contributed by atoms with Crippen LogP contribution in [-0.2, 0) is 0 Å². The smallest absolute Gasteiger partial charge is 0.137 e. The lowest BCUT2D eigenvalue weighted by atomic mass is 9.92. The summed E-state index contributed by atoms with van der Waals surface area (Å²) in [5.41, 5.74) is 4.56. The van der Waals surface area contributed by atoms with Gasteiger partial charge in [-0.3, -0.25) is 15.0 Å². The highest BCUT2D eigenvalue weighted by atomic mass is 16.5. The van der Waals surface area contributed by atoms with Gasteiger partial charge in [0.25, 0.3) is 0 Å². The Morgan fingerprint density at radius 2 is 1.93 bits per heavy atom. The first kappa shape index (κ1) is 17.9. The summed E-state index contributed by atoms with van der Waals surface area (Å²) in [6, 6.07) is 5.97. The number of rotatable bonds is 6. The van der Waals surface area contributed by atoms with Crippen LogP contribution < -0.4 is 9.64 Å². The van der Waals surface area contributed by atoms with Crippen LogP contribution in [0.4, 0.5) is 5.82 Å². The standard InChI is InChI=1S/C22H21N5O/c1-4-15-6-7-20(26-19(15)5-2)27-13-17(14-27)22-21(24-8-9-25-22)16-10-18(28-3)12-23-11-16/h4-12,17H,1-2,13-14H2,3H3. The third-order valence-corrected chi connectivity index (χ3v) is 4.90. The van der Waals surface area contributed by atoms with Crippen LogP contribution >= 0.6 is 0 Å². The van der Waals surface area contributed by atoms with E-state index in [-0.39, 0.29) is 5.92 Å². The molecule has 0 atom stereocenters. The first-order valence-electron chi connectivity index (χ1n) is 9.04. The van der Waals surface area contributed by atoms with E-state index in [2.05, 4.69) is 38.0 Å². The Labute approximate surface area is 164 Å². The van der Waals surface area contributed by atoms with Crippen LogP contribution in [0.3, 0.4) is 0 Å². The Balaban J connectivity index is 1.57. The van der Waals surface area contributed by atoms with Gasteiger partial charge in [-0.05, 0) is 29.8 Å². The van der Waals surface area contributed by atoms with Crippen molar-refractivity contribution in [2.75, 3.05) is 25.1 Å². The SMILES string of the molecule is C=Cc1ccc(N2CC(c3nccnc3-c3cncc(OC)c3)C2)nc1C=C. The maximum Gasteiger partial charge on any atom is 0.137 e. The molecule has 1 saturated heterocycles. The molecule has 0 amide bonds. The van der Waals surface area contributed by atoms with Crippen LogP contribution in [0.25, 0.3) is 23.4 Å². The van der Waals surface area contributed by atoms with Gasteiger partial charge in [-0.1, -0.05) is 19.2 Å². The number of nitrogens with zero attached hydrogens (tertiary/aromatic N) is 5. The van der Waals surface area contributed by atoms with E-state index in [4.69, 9.17) is 4.74 Å². The quantitative estimate of drug-likeness (QED) is 0.656. The number of methoxy groups -OCH3 is 1. The molecule has 0 spiro atoms. The van der Waals surface area contributed by atoms with Gasteiger partial charge in [0.15, 0.2) is 0 Å². The summed E-state index contributed by atoms with van der Waals surface area (Å²) in [7, 11) is 1.63. The molecule has 3 aromatic heterocycles. The van der Waals surface area contributed by atoms with Gasteiger partial charge in [0.1, 0.15) is 11.6 Å². The van der Waals surface area contributed by atoms with E-state index in [0.29, 0.717) is 5.75 Å². The Kier molecular flexibility index (Phi) is 4.85. The fourth-order valence-electron chi connectivity index (χ4n) is 3.36. The second-order valence-electron chi connectivity index (χ2n) is 6.56. The molecule has 0 saturated carbocycles. The van der Waals surface area contributed by atoms with Crippen molar-refractivity contribution in [2.24, 2.45) is 0 Å². The van der Waals surface area contributed by atoms with Crippen LogP contribution in [0.15, 0.2) is 56.1 Å². The van der Waals surface area contributed by atoms with Gasteiger partial charge in [0.2, 0.25) is 0 Å². The number of aromatic nitrogens is 4. The van der Waals surface area contributed by atoms with Gasteiger partial charge in [-0.15, -0.1) is 0 Å². The lowest BCUT2D eigenvalue weighted by molar-refractivity contribution is 0.413. The maximum atomic E-state index is 5.29. The topological polar surface area (TPSA) is 64.0 Å². The van der Waals surface area contributed by atoms with Crippen molar-refractivity contribution >= 4 is 18.0 Å². The molecule has 1 fully saturated rings. The second kappa shape index (κ2) is 7.60. The zero-order valence-electron chi connectivity index (χ0n) is 15.7. The molecule has 0 N–H and O–H groups in total. The molecule has 140 valence electrons. The van der Waals surface area contributed by atoms with E-state index in [1.807, 2.05) is 18.2 Å². The highest BCUT2D eigenvalue weighted by molar-refractivity contribution is 5.65. The van der Waals surface area contributed by atoms with Crippen LogP contribution in [0.2, 0.25) is 0 Å². The minimum absolute atomic E-state index is 0.281. The monoisotopic (exact) mass is 371 g/mol. The minimum atomic E-state index is 0.281. The van der Waals surface area contributed by atoms with Crippen molar-refractivity contribution in [3.05, 3.63) is 73.1 Å². The van der Waals surface area contributed by atoms with E-state index in [1.165, 1.54) is 0 Å². The van der Waals surface area contributed by atoms with E-state index < -0.39 is 0 Å². The van der Waals surface area contributed by atoms with Gasteiger partial charge in [0, 0.05) is 43.2 Å². The van der Waals surface area contributed by atoms with Crippen LogP contribution in [0.5, 0.6) is 5.75 Å². The summed E-state index contributed by atoms with van der Waals surface area (Å²) >= 11 is 0. The van der Waals surface area contributed by atoms with Crippen molar-refractivity contribution in [1.82, 2.24) is 19.9 Å². The molecule has 0 aromatic carbocycles. The number of hydrogen-bond acceptors (Lipinski definition) is 6. The predicted molar refractivity (Wildman–Crippen MR) is 111 cm³/mol. The van der Waals surface area contributed by atoms with Crippen LogP contribution in [0.1, 0.15) is 22.9 Å². The van der Waals surface area contributed by atoms with Gasteiger partial charge in [-0.2, -0.15) is 0 Å². The molecular formula is C22H21N5O. The first-order chi connectivity index (χ1) is 13.7. The zero-order valence-corrected chi connectivity index (χ0v) is 15.7. The maximum absolute atomic E-state index is 5.29. The highest BCUT2D eigenvalue weighted by Gasteiger charge is 2.32. The van der Waals surface area contributed by atoms with E-state index >= 15 is 0 Å². The van der Waals surface area contributed by atoms with Crippen molar-refractivity contribution in [3.8, 4) is 17.0 Å². The lowest BCUT2D eigenvalue weighted by Crippen LogP contribution is -2.46. The minimum Gasteiger partial charge on any atom is -0.495 e. The van der Waals surface area contributed by atoms with Crippen molar-refractivity contribution in [3.63, 3.8) is 0 Å². The molecule has 1 aliphatic rings. The summed E-state index contributed by atoms with van der Waals surface area (Å²) < 4.78 is 5.29. The summed E-state index contributed by atoms with van der Waals surface area (Å²) in [5, 5.41) is 0. The van der Waals surface area contributed by atoms with Crippen molar-refractivity contribution in [1.29, 1.82) is 0 Å². The average Bonchev–Trinajstić information content (AvgIpc) is 2.73. The number of ether oxygens (including phenoxy) is 1. The first-order valence-corrected chi connectivity index (χ1v) is 9.04. The fraction of sp³-hybridized carbons (Fsp3) is 0.182. The molecule has 6 heteroatoms. The van der Waals surface area contributed by atoms with Crippen LogP contribution in [0, 0.1) is 0 Å². The Morgan fingerprint density at radius 3 is 2.68 bits per heavy atom. The van der Waals surface area contributed by atoms with E-state index in [1.54, 1.807) is 44.0 Å².